The molecule has 1 aromatic rings. The third-order valence-corrected chi connectivity index (χ3v) is 4.87. The number of likely N-dealkylation sites (N-methyl/N-ethyl adjacent to an activating group) is 1. The monoisotopic (exact) mass is 375 g/mol. The van der Waals surface area contributed by atoms with Crippen molar-refractivity contribution in [3.8, 4) is 0 Å². The highest BCUT2D eigenvalue weighted by Gasteiger charge is 2.11. The van der Waals surface area contributed by atoms with E-state index in [9.17, 15) is 13.2 Å². The van der Waals surface area contributed by atoms with Crippen LogP contribution in [0.4, 0.5) is 0 Å². The number of nitrogens with zero attached hydrogens (tertiary/aromatic N) is 1. The van der Waals surface area contributed by atoms with Gasteiger partial charge in [0.05, 0.1) is 6.26 Å². The number of thioether (sulfide) groups is 1. The van der Waals surface area contributed by atoms with Crippen LogP contribution in [-0.4, -0.2) is 51.4 Å². The first-order valence-corrected chi connectivity index (χ1v) is 9.99. The van der Waals surface area contributed by atoms with E-state index in [1.54, 1.807) is 11.8 Å². The summed E-state index contributed by atoms with van der Waals surface area (Å²) in [5.74, 6) is -0.507. The lowest BCUT2D eigenvalue weighted by Crippen LogP contribution is -2.29. The molecule has 24 heavy (non-hydrogen) atoms. The van der Waals surface area contributed by atoms with Gasteiger partial charge in [-0.05, 0) is 32.2 Å². The van der Waals surface area contributed by atoms with Crippen molar-refractivity contribution in [2.45, 2.75) is 26.2 Å². The number of sulfonamides is 1. The fraction of sp³-hybridized carbons (Fsp3) is 0.471. The SMILES string of the molecule is C.C=C(C)C(=O)OCCN(C)S(C)(=O)=O.CSc1ccc(C)cc1. The molecule has 0 N–H and O–H groups in total. The average Bonchev–Trinajstić information content (AvgIpc) is 2.47. The highest BCUT2D eigenvalue weighted by atomic mass is 32.2. The predicted molar refractivity (Wildman–Crippen MR) is 103 cm³/mol. The van der Waals surface area contributed by atoms with Gasteiger partial charge in [0.15, 0.2) is 0 Å². The van der Waals surface area contributed by atoms with Crippen LogP contribution in [0.25, 0.3) is 0 Å². The third-order valence-electron chi connectivity index (χ3n) is 2.81. The van der Waals surface area contributed by atoms with E-state index in [0.29, 0.717) is 5.57 Å². The molecule has 1 aromatic carbocycles. The molecule has 1 rings (SSSR count). The molecule has 0 aromatic heterocycles. The molecule has 0 spiro atoms. The first-order chi connectivity index (χ1) is 10.6. The Morgan fingerprint density at radius 2 is 1.79 bits per heavy atom. The molecule has 0 bridgehead atoms. The van der Waals surface area contributed by atoms with Gasteiger partial charge in [0.1, 0.15) is 6.61 Å². The van der Waals surface area contributed by atoms with Crippen molar-refractivity contribution in [2.24, 2.45) is 0 Å². The van der Waals surface area contributed by atoms with Gasteiger partial charge in [0.2, 0.25) is 10.0 Å². The lowest BCUT2D eigenvalue weighted by molar-refractivity contribution is -0.139. The van der Waals surface area contributed by atoms with Gasteiger partial charge in [-0.2, -0.15) is 0 Å². The minimum Gasteiger partial charge on any atom is -0.461 e. The molecule has 0 fully saturated rings. The van der Waals surface area contributed by atoms with E-state index in [4.69, 9.17) is 4.74 Å². The maximum Gasteiger partial charge on any atom is 0.333 e. The van der Waals surface area contributed by atoms with E-state index < -0.39 is 16.0 Å². The lowest BCUT2D eigenvalue weighted by atomic mass is 10.2. The van der Waals surface area contributed by atoms with Crippen molar-refractivity contribution in [1.82, 2.24) is 4.31 Å². The zero-order valence-corrected chi connectivity index (χ0v) is 16.0. The summed E-state index contributed by atoms with van der Waals surface area (Å²) in [5, 5.41) is 0. The molecule has 7 heteroatoms. The largest absolute Gasteiger partial charge is 0.461 e. The van der Waals surface area contributed by atoms with Gasteiger partial charge >= 0.3 is 5.97 Å². The summed E-state index contributed by atoms with van der Waals surface area (Å²) in [6.45, 7) is 7.21. The van der Waals surface area contributed by atoms with Gasteiger partial charge in [-0.25, -0.2) is 17.5 Å². The fourth-order valence-corrected chi connectivity index (χ4v) is 2.04. The second-order valence-corrected chi connectivity index (χ2v) is 7.99. The molecular weight excluding hydrogens is 346 g/mol. The molecule has 0 amide bonds. The van der Waals surface area contributed by atoms with Crippen LogP contribution in [0.3, 0.4) is 0 Å². The van der Waals surface area contributed by atoms with Gasteiger partial charge in [0, 0.05) is 24.1 Å². The maximum absolute atomic E-state index is 10.9. The molecule has 0 atom stereocenters. The van der Waals surface area contributed by atoms with Crippen molar-refractivity contribution < 1.29 is 17.9 Å². The Hall–Kier alpha value is -1.31. The van der Waals surface area contributed by atoms with Crippen molar-refractivity contribution in [2.75, 3.05) is 32.7 Å². The number of hydrogen-bond donors (Lipinski definition) is 0. The van der Waals surface area contributed by atoms with E-state index in [1.807, 2.05) is 0 Å². The topological polar surface area (TPSA) is 63.7 Å². The molecule has 138 valence electrons. The molecule has 0 unspecified atom stereocenters. The molecular formula is C17H29NO4S2. The number of rotatable bonds is 6. The summed E-state index contributed by atoms with van der Waals surface area (Å²) in [7, 11) is -1.78. The molecule has 0 saturated heterocycles. The fourth-order valence-electron chi connectivity index (χ4n) is 1.23. The zero-order chi connectivity index (χ0) is 18.0. The minimum absolute atomic E-state index is 0. The Kier molecular flexibility index (Phi) is 12.6. The van der Waals surface area contributed by atoms with Gasteiger partial charge < -0.3 is 4.74 Å². The molecule has 0 radical (unpaired) electrons. The Bertz CT molecular complexity index is 610. The number of carbonyl (C=O) groups is 1. The maximum atomic E-state index is 10.9. The van der Waals surface area contributed by atoms with Crippen molar-refractivity contribution >= 4 is 27.8 Å². The highest BCUT2D eigenvalue weighted by Crippen LogP contribution is 2.13. The number of aryl methyl sites for hydroxylation is 1. The smallest absolute Gasteiger partial charge is 0.333 e. The molecule has 0 aliphatic rings. The van der Waals surface area contributed by atoms with E-state index in [2.05, 4.69) is 44.0 Å². The molecule has 0 heterocycles. The number of carbonyl (C=O) groups excluding carboxylic acids is 1. The molecule has 5 nitrogen and oxygen atoms in total. The van der Waals surface area contributed by atoms with Crippen LogP contribution in [0, 0.1) is 6.92 Å². The van der Waals surface area contributed by atoms with E-state index in [0.717, 1.165) is 10.6 Å². The lowest BCUT2D eigenvalue weighted by Gasteiger charge is -2.13. The van der Waals surface area contributed by atoms with Gasteiger partial charge in [0.25, 0.3) is 0 Å². The van der Waals surface area contributed by atoms with Gasteiger partial charge in [-0.15, -0.1) is 11.8 Å². The first-order valence-electron chi connectivity index (χ1n) is 6.92. The highest BCUT2D eigenvalue weighted by molar-refractivity contribution is 7.98. The zero-order valence-electron chi connectivity index (χ0n) is 14.3. The van der Waals surface area contributed by atoms with Gasteiger partial charge in [-0.3, -0.25) is 0 Å². The quantitative estimate of drug-likeness (QED) is 0.433. The summed E-state index contributed by atoms with van der Waals surface area (Å²) >= 11 is 1.78. The second kappa shape index (κ2) is 12.1. The third kappa shape index (κ3) is 11.3. The van der Waals surface area contributed by atoms with Crippen LogP contribution in [-0.2, 0) is 19.6 Å². The van der Waals surface area contributed by atoms with Crippen LogP contribution in [0.1, 0.15) is 19.9 Å². The summed E-state index contributed by atoms with van der Waals surface area (Å²) < 4.78 is 27.7. The Morgan fingerprint density at radius 1 is 1.29 bits per heavy atom. The van der Waals surface area contributed by atoms with Gasteiger partial charge in [-0.1, -0.05) is 31.7 Å². The Balaban J connectivity index is 0. The van der Waals surface area contributed by atoms with E-state index >= 15 is 0 Å². The minimum atomic E-state index is -3.20. The summed E-state index contributed by atoms with van der Waals surface area (Å²) in [6.07, 6.45) is 3.18. The first kappa shape index (κ1) is 24.9. The predicted octanol–water partition coefficient (Wildman–Crippen LogP) is 3.35. The summed E-state index contributed by atoms with van der Waals surface area (Å²) in [6, 6.07) is 8.54. The van der Waals surface area contributed by atoms with Crippen molar-refractivity contribution in [1.29, 1.82) is 0 Å². The average molecular weight is 376 g/mol. The van der Waals surface area contributed by atoms with Crippen LogP contribution in [0.5, 0.6) is 0 Å². The second-order valence-electron chi connectivity index (χ2n) is 5.02. The van der Waals surface area contributed by atoms with Crippen LogP contribution >= 0.6 is 11.8 Å². The van der Waals surface area contributed by atoms with E-state index in [1.165, 1.54) is 24.4 Å². The normalized spacial score (nSPS) is 10.2. The van der Waals surface area contributed by atoms with Crippen LogP contribution in [0.2, 0.25) is 0 Å². The van der Waals surface area contributed by atoms with Crippen LogP contribution < -0.4 is 0 Å². The number of hydrogen-bond acceptors (Lipinski definition) is 5. The molecule has 0 aliphatic carbocycles. The van der Waals surface area contributed by atoms with Crippen molar-refractivity contribution in [3.05, 3.63) is 42.0 Å². The summed E-state index contributed by atoms with van der Waals surface area (Å²) in [5.41, 5.74) is 1.62. The van der Waals surface area contributed by atoms with E-state index in [-0.39, 0.29) is 20.6 Å². The Morgan fingerprint density at radius 3 is 2.17 bits per heavy atom. The number of ether oxygens (including phenoxy) is 1. The van der Waals surface area contributed by atoms with Crippen molar-refractivity contribution in [3.63, 3.8) is 0 Å². The molecule has 0 saturated carbocycles. The Labute approximate surface area is 151 Å². The number of esters is 1. The molecule has 0 aliphatic heterocycles. The standard InChI is InChI=1S/C8H15NO4S.C8H10S.CH4/c1-7(2)8(10)13-6-5-9(3)14(4,11)12;1-7-3-5-8(9-2)6-4-7;/h1,5-6H2,2-4H3;3-6H,1-2H3;1H4. The summed E-state index contributed by atoms with van der Waals surface area (Å²) in [4.78, 5) is 12.2. The van der Waals surface area contributed by atoms with Crippen LogP contribution in [0.15, 0.2) is 41.3 Å². The number of benzene rings is 1.